The number of phenolic OH excluding ortho intramolecular Hbond substituents is 1. The number of rotatable bonds is 3. The van der Waals surface area contributed by atoms with Gasteiger partial charge in [-0.1, -0.05) is 24.0 Å². The number of aromatic hydroxyl groups is 1. The van der Waals surface area contributed by atoms with E-state index in [1.807, 2.05) is 38.2 Å². The first kappa shape index (κ1) is 18.6. The van der Waals surface area contributed by atoms with E-state index >= 15 is 0 Å². The molecule has 1 fully saturated rings. The van der Waals surface area contributed by atoms with E-state index in [9.17, 15) is 9.90 Å². The summed E-state index contributed by atoms with van der Waals surface area (Å²) in [6, 6.07) is 12.4. The first-order chi connectivity index (χ1) is 13.4. The molecule has 0 atom stereocenters. The Bertz CT molecular complexity index is 1150. The SMILES string of the molecule is COc1ccc2c(c1)c(/C=C1\SC(=S)N(c3ccc(O)cc3)C1=O)c(C)n2C. The molecule has 4 rings (SSSR count). The molecule has 28 heavy (non-hydrogen) atoms. The van der Waals surface area contributed by atoms with Gasteiger partial charge in [-0.3, -0.25) is 9.69 Å². The van der Waals surface area contributed by atoms with Crippen LogP contribution in [0.5, 0.6) is 11.5 Å². The average molecular weight is 411 g/mol. The first-order valence-electron chi connectivity index (χ1n) is 8.60. The Labute approximate surface area is 172 Å². The van der Waals surface area contributed by atoms with Gasteiger partial charge >= 0.3 is 0 Å². The third-order valence-corrected chi connectivity index (χ3v) is 6.23. The van der Waals surface area contributed by atoms with Crippen LogP contribution in [0.1, 0.15) is 11.3 Å². The highest BCUT2D eigenvalue weighted by Gasteiger charge is 2.33. The van der Waals surface area contributed by atoms with Gasteiger partial charge in [0.2, 0.25) is 0 Å². The Morgan fingerprint density at radius 2 is 1.89 bits per heavy atom. The molecular weight excluding hydrogens is 392 g/mol. The maximum absolute atomic E-state index is 13.0. The van der Waals surface area contributed by atoms with Gasteiger partial charge in [0.15, 0.2) is 4.32 Å². The summed E-state index contributed by atoms with van der Waals surface area (Å²) in [5, 5.41) is 10.5. The van der Waals surface area contributed by atoms with E-state index in [0.29, 0.717) is 14.9 Å². The number of phenols is 1. The van der Waals surface area contributed by atoms with Crippen LogP contribution < -0.4 is 9.64 Å². The summed E-state index contributed by atoms with van der Waals surface area (Å²) in [5.74, 6) is 0.745. The molecule has 1 N–H and O–H groups in total. The predicted molar refractivity (Wildman–Crippen MR) is 118 cm³/mol. The summed E-state index contributed by atoms with van der Waals surface area (Å²) in [6.07, 6.45) is 1.90. The number of methoxy groups -OCH3 is 1. The van der Waals surface area contributed by atoms with Crippen LogP contribution in [0, 0.1) is 6.92 Å². The topological polar surface area (TPSA) is 54.7 Å². The molecule has 0 bridgehead atoms. The van der Waals surface area contributed by atoms with Crippen molar-refractivity contribution in [3.05, 3.63) is 58.6 Å². The Morgan fingerprint density at radius 1 is 1.18 bits per heavy atom. The summed E-state index contributed by atoms with van der Waals surface area (Å²) in [7, 11) is 3.64. The molecule has 142 valence electrons. The highest BCUT2D eigenvalue weighted by atomic mass is 32.2. The van der Waals surface area contributed by atoms with E-state index in [2.05, 4.69) is 4.57 Å². The average Bonchev–Trinajstić information content (AvgIpc) is 3.10. The molecule has 1 amide bonds. The highest BCUT2D eigenvalue weighted by molar-refractivity contribution is 8.27. The number of nitrogens with zero attached hydrogens (tertiary/aromatic N) is 2. The second-order valence-electron chi connectivity index (χ2n) is 6.47. The van der Waals surface area contributed by atoms with Crippen LogP contribution in [-0.2, 0) is 11.8 Å². The van der Waals surface area contributed by atoms with Gasteiger partial charge in [0.1, 0.15) is 11.5 Å². The number of benzene rings is 2. The van der Waals surface area contributed by atoms with Crippen molar-refractivity contribution in [1.82, 2.24) is 4.57 Å². The number of carbonyl (C=O) groups excluding carboxylic acids is 1. The van der Waals surface area contributed by atoms with Gasteiger partial charge in [0.25, 0.3) is 5.91 Å². The molecule has 0 unspecified atom stereocenters. The molecule has 2 heterocycles. The van der Waals surface area contributed by atoms with Crippen LogP contribution in [0.3, 0.4) is 0 Å². The third kappa shape index (κ3) is 2.96. The van der Waals surface area contributed by atoms with Gasteiger partial charge in [-0.15, -0.1) is 0 Å². The van der Waals surface area contributed by atoms with Crippen molar-refractivity contribution in [3.8, 4) is 11.5 Å². The summed E-state index contributed by atoms with van der Waals surface area (Å²) in [6.45, 7) is 2.03. The van der Waals surface area contributed by atoms with Gasteiger partial charge in [-0.25, -0.2) is 0 Å². The molecule has 5 nitrogen and oxygen atoms in total. The summed E-state index contributed by atoms with van der Waals surface area (Å²) in [4.78, 5) is 15.1. The van der Waals surface area contributed by atoms with E-state index in [1.54, 1.807) is 31.4 Å². The Balaban J connectivity index is 1.79. The van der Waals surface area contributed by atoms with Crippen LogP contribution in [0.4, 0.5) is 5.69 Å². The standard InChI is InChI=1S/C21H18N2O3S2/c1-12-16(17-10-15(26-3)8-9-18(17)22(12)2)11-19-20(25)23(21(27)28-19)13-4-6-14(24)7-5-13/h4-11,24H,1-3H3/b19-11-. The highest BCUT2D eigenvalue weighted by Crippen LogP contribution is 2.38. The molecule has 0 radical (unpaired) electrons. The molecule has 0 saturated carbocycles. The van der Waals surface area contributed by atoms with Crippen LogP contribution >= 0.6 is 24.0 Å². The van der Waals surface area contributed by atoms with Crippen molar-refractivity contribution in [3.63, 3.8) is 0 Å². The van der Waals surface area contributed by atoms with Crippen molar-refractivity contribution in [2.24, 2.45) is 7.05 Å². The van der Waals surface area contributed by atoms with E-state index in [4.69, 9.17) is 17.0 Å². The molecule has 0 spiro atoms. The zero-order valence-corrected chi connectivity index (χ0v) is 17.2. The van der Waals surface area contributed by atoms with Gasteiger partial charge in [0, 0.05) is 29.2 Å². The van der Waals surface area contributed by atoms with Gasteiger partial charge in [-0.2, -0.15) is 0 Å². The van der Waals surface area contributed by atoms with Gasteiger partial charge in [0.05, 0.1) is 17.7 Å². The zero-order chi connectivity index (χ0) is 20.0. The maximum atomic E-state index is 13.0. The van der Waals surface area contributed by atoms with Crippen LogP contribution in [0.25, 0.3) is 17.0 Å². The van der Waals surface area contributed by atoms with Crippen molar-refractivity contribution in [2.75, 3.05) is 12.0 Å². The lowest BCUT2D eigenvalue weighted by molar-refractivity contribution is -0.113. The lowest BCUT2D eigenvalue weighted by Gasteiger charge is -2.14. The normalized spacial score (nSPS) is 15.8. The Morgan fingerprint density at radius 3 is 2.57 bits per heavy atom. The monoisotopic (exact) mass is 410 g/mol. The van der Waals surface area contributed by atoms with Crippen molar-refractivity contribution in [1.29, 1.82) is 0 Å². The minimum Gasteiger partial charge on any atom is -0.508 e. The number of aromatic nitrogens is 1. The first-order valence-corrected chi connectivity index (χ1v) is 9.83. The van der Waals surface area contributed by atoms with Crippen LogP contribution in [0.2, 0.25) is 0 Å². The van der Waals surface area contributed by atoms with E-state index in [1.165, 1.54) is 16.7 Å². The fourth-order valence-corrected chi connectivity index (χ4v) is 4.59. The Kier molecular flexibility index (Phi) is 4.64. The number of thioether (sulfide) groups is 1. The maximum Gasteiger partial charge on any atom is 0.270 e. The number of aryl methyl sites for hydroxylation is 1. The van der Waals surface area contributed by atoms with Crippen molar-refractivity contribution < 1.29 is 14.6 Å². The fourth-order valence-electron chi connectivity index (χ4n) is 3.31. The molecule has 1 saturated heterocycles. The molecule has 7 heteroatoms. The van der Waals surface area contributed by atoms with E-state index in [0.717, 1.165) is 27.9 Å². The third-order valence-electron chi connectivity index (χ3n) is 4.93. The van der Waals surface area contributed by atoms with Crippen LogP contribution in [0.15, 0.2) is 47.4 Å². The van der Waals surface area contributed by atoms with Gasteiger partial charge in [-0.05, 0) is 55.5 Å². The zero-order valence-electron chi connectivity index (χ0n) is 15.6. The molecule has 1 aromatic heterocycles. The van der Waals surface area contributed by atoms with Crippen molar-refractivity contribution >= 4 is 56.9 Å². The largest absolute Gasteiger partial charge is 0.508 e. The molecule has 0 aliphatic carbocycles. The number of carbonyl (C=O) groups is 1. The minimum absolute atomic E-state index is 0.144. The molecular formula is C21H18N2O3S2. The fraction of sp³-hybridized carbons (Fsp3) is 0.143. The minimum atomic E-state index is -0.167. The predicted octanol–water partition coefficient (Wildman–Crippen LogP) is 4.61. The quantitative estimate of drug-likeness (QED) is 0.505. The van der Waals surface area contributed by atoms with Gasteiger partial charge < -0.3 is 14.4 Å². The second kappa shape index (κ2) is 7.00. The van der Waals surface area contributed by atoms with E-state index < -0.39 is 0 Å². The number of hydrogen-bond donors (Lipinski definition) is 1. The second-order valence-corrected chi connectivity index (χ2v) is 8.15. The summed E-state index contributed by atoms with van der Waals surface area (Å²) in [5.41, 5.74) is 3.74. The van der Waals surface area contributed by atoms with Crippen LogP contribution in [-0.4, -0.2) is 27.0 Å². The summed E-state index contributed by atoms with van der Waals surface area (Å²) >= 11 is 6.72. The number of hydrogen-bond acceptors (Lipinski definition) is 5. The molecule has 3 aromatic rings. The lowest BCUT2D eigenvalue weighted by atomic mass is 10.1. The molecule has 1 aliphatic heterocycles. The number of anilines is 1. The van der Waals surface area contributed by atoms with Crippen molar-refractivity contribution in [2.45, 2.75) is 6.92 Å². The lowest BCUT2D eigenvalue weighted by Crippen LogP contribution is -2.27. The Hall–Kier alpha value is -2.77. The summed E-state index contributed by atoms with van der Waals surface area (Å²) < 4.78 is 7.94. The number of thiocarbonyl (C=S) groups is 1. The number of ether oxygens (including phenoxy) is 1. The molecule has 2 aromatic carbocycles. The number of amides is 1. The smallest absolute Gasteiger partial charge is 0.270 e. The van der Waals surface area contributed by atoms with E-state index in [-0.39, 0.29) is 11.7 Å². The molecule has 1 aliphatic rings. The number of fused-ring (bicyclic) bond motifs is 1.